The van der Waals surface area contributed by atoms with Crippen molar-refractivity contribution < 1.29 is 24.2 Å². The topological polar surface area (TPSA) is 99.9 Å². The summed E-state index contributed by atoms with van der Waals surface area (Å²) in [6.07, 6.45) is 0.123. The van der Waals surface area contributed by atoms with Gasteiger partial charge in [0.05, 0.1) is 19.1 Å². The Morgan fingerprint density at radius 1 is 1.06 bits per heavy atom. The highest BCUT2D eigenvalue weighted by Crippen LogP contribution is 2.29. The van der Waals surface area contributed by atoms with Crippen LogP contribution in [0.1, 0.15) is 23.7 Å². The van der Waals surface area contributed by atoms with Gasteiger partial charge in [-0.05, 0) is 42.6 Å². The maximum atomic E-state index is 12.7. The summed E-state index contributed by atoms with van der Waals surface area (Å²) in [6, 6.07) is 19.1. The molecule has 0 aliphatic carbocycles. The first-order chi connectivity index (χ1) is 15.0. The molecule has 1 amide bonds. The molecule has 0 radical (unpaired) electrons. The van der Waals surface area contributed by atoms with Gasteiger partial charge in [0.1, 0.15) is 17.1 Å². The lowest BCUT2D eigenvalue weighted by molar-refractivity contribution is -0.121. The quantitative estimate of drug-likeness (QED) is 0.554. The maximum absolute atomic E-state index is 12.7. The molecule has 3 aromatic rings. The number of phenols is 1. The van der Waals surface area contributed by atoms with E-state index in [-0.39, 0.29) is 24.3 Å². The van der Waals surface area contributed by atoms with Crippen molar-refractivity contribution in [1.29, 1.82) is 5.26 Å². The van der Waals surface area contributed by atoms with Crippen molar-refractivity contribution in [3.05, 3.63) is 66.2 Å². The highest BCUT2D eigenvalue weighted by atomic mass is 16.5. The van der Waals surface area contributed by atoms with Crippen LogP contribution in [0.5, 0.6) is 11.5 Å². The number of rotatable bonds is 8. The van der Waals surface area contributed by atoms with E-state index in [1.165, 1.54) is 11.0 Å². The molecule has 0 unspecified atom stereocenters. The van der Waals surface area contributed by atoms with E-state index in [0.717, 1.165) is 5.39 Å². The summed E-state index contributed by atoms with van der Waals surface area (Å²) in [5.41, 5.74) is 0.546. The fourth-order valence-electron chi connectivity index (χ4n) is 3.15. The number of carbonyl (C=O) groups excluding carboxylic acids is 2. The molecule has 7 nitrogen and oxygen atoms in total. The first-order valence-electron chi connectivity index (χ1n) is 9.83. The van der Waals surface area contributed by atoms with Gasteiger partial charge in [-0.25, -0.2) is 4.79 Å². The second-order valence-corrected chi connectivity index (χ2v) is 6.64. The van der Waals surface area contributed by atoms with Crippen LogP contribution in [0.2, 0.25) is 0 Å². The molecule has 0 saturated heterocycles. The molecule has 0 aromatic heterocycles. The molecule has 158 valence electrons. The van der Waals surface area contributed by atoms with Crippen LogP contribution in [0.25, 0.3) is 10.8 Å². The SMILES string of the molecule is CCOc1ccc(N(CCC#N)C(=O)COC(=O)c2ccc3ccccc3c2O)cc1. The van der Waals surface area contributed by atoms with Crippen LogP contribution < -0.4 is 9.64 Å². The van der Waals surface area contributed by atoms with Gasteiger partial charge in [0.25, 0.3) is 5.91 Å². The number of phenolic OH excluding ortho intramolecular Hbond substituents is 1. The minimum atomic E-state index is -0.802. The smallest absolute Gasteiger partial charge is 0.342 e. The highest BCUT2D eigenvalue weighted by molar-refractivity contribution is 6.02. The van der Waals surface area contributed by atoms with Crippen LogP contribution in [-0.4, -0.2) is 36.7 Å². The molecule has 0 aliphatic rings. The lowest BCUT2D eigenvalue weighted by Gasteiger charge is -2.22. The molecule has 3 aromatic carbocycles. The first kappa shape index (κ1) is 21.7. The molecule has 31 heavy (non-hydrogen) atoms. The summed E-state index contributed by atoms with van der Waals surface area (Å²) in [7, 11) is 0. The number of hydrogen-bond donors (Lipinski definition) is 1. The van der Waals surface area contributed by atoms with Crippen molar-refractivity contribution in [1.82, 2.24) is 0 Å². The zero-order valence-electron chi connectivity index (χ0n) is 17.1. The van der Waals surface area contributed by atoms with E-state index in [9.17, 15) is 14.7 Å². The molecular weight excluding hydrogens is 396 g/mol. The molecule has 0 spiro atoms. The third-order valence-corrected chi connectivity index (χ3v) is 4.65. The lowest BCUT2D eigenvalue weighted by Crippen LogP contribution is -2.35. The molecule has 1 N–H and O–H groups in total. The Kier molecular flexibility index (Phi) is 7.07. The molecule has 0 bridgehead atoms. The highest BCUT2D eigenvalue weighted by Gasteiger charge is 2.20. The average Bonchev–Trinajstić information content (AvgIpc) is 2.79. The molecule has 0 heterocycles. The van der Waals surface area contributed by atoms with Gasteiger partial charge >= 0.3 is 5.97 Å². The minimum Gasteiger partial charge on any atom is -0.506 e. The number of benzene rings is 3. The standard InChI is InChI=1S/C24H22N2O5/c1-2-30-19-11-9-18(10-12-19)26(15-5-14-25)22(27)16-31-24(29)21-13-8-17-6-3-4-7-20(17)23(21)28/h3-4,6-13,28H,2,5,15-16H2,1H3. The Labute approximate surface area is 180 Å². The van der Waals surface area contributed by atoms with Gasteiger partial charge in [-0.15, -0.1) is 0 Å². The van der Waals surface area contributed by atoms with Gasteiger partial charge < -0.3 is 19.5 Å². The van der Waals surface area contributed by atoms with E-state index in [2.05, 4.69) is 0 Å². The minimum absolute atomic E-state index is 0.0175. The molecule has 7 heteroatoms. The normalized spacial score (nSPS) is 10.3. The van der Waals surface area contributed by atoms with E-state index in [0.29, 0.717) is 23.4 Å². The van der Waals surface area contributed by atoms with Crippen molar-refractivity contribution in [3.8, 4) is 17.6 Å². The van der Waals surface area contributed by atoms with E-state index < -0.39 is 18.5 Å². The van der Waals surface area contributed by atoms with Gasteiger partial charge in [0.2, 0.25) is 0 Å². The number of ether oxygens (including phenoxy) is 2. The Morgan fingerprint density at radius 2 is 1.81 bits per heavy atom. The third kappa shape index (κ3) is 5.11. The summed E-state index contributed by atoms with van der Waals surface area (Å²) in [4.78, 5) is 26.6. The Hall–Kier alpha value is -4.05. The van der Waals surface area contributed by atoms with Crippen LogP contribution in [-0.2, 0) is 9.53 Å². The van der Waals surface area contributed by atoms with Gasteiger partial charge in [0.15, 0.2) is 6.61 Å². The van der Waals surface area contributed by atoms with Crippen molar-refractivity contribution in [2.24, 2.45) is 0 Å². The second kappa shape index (κ2) is 10.1. The Morgan fingerprint density at radius 3 is 2.52 bits per heavy atom. The molecule has 3 rings (SSSR count). The summed E-state index contributed by atoms with van der Waals surface area (Å²) in [6.45, 7) is 2.03. The number of nitrogens with zero attached hydrogens (tertiary/aromatic N) is 2. The lowest BCUT2D eigenvalue weighted by atomic mass is 10.1. The number of fused-ring (bicyclic) bond motifs is 1. The average molecular weight is 418 g/mol. The maximum Gasteiger partial charge on any atom is 0.342 e. The molecule has 0 atom stereocenters. The van der Waals surface area contributed by atoms with E-state index in [1.807, 2.05) is 25.1 Å². The van der Waals surface area contributed by atoms with Crippen LogP contribution in [0, 0.1) is 11.3 Å². The van der Waals surface area contributed by atoms with Gasteiger partial charge in [-0.2, -0.15) is 5.26 Å². The largest absolute Gasteiger partial charge is 0.506 e. The molecule has 0 saturated carbocycles. The summed E-state index contributed by atoms with van der Waals surface area (Å²) in [5.74, 6) is -0.808. The van der Waals surface area contributed by atoms with E-state index >= 15 is 0 Å². The van der Waals surface area contributed by atoms with Gasteiger partial charge in [0, 0.05) is 17.6 Å². The fraction of sp³-hybridized carbons (Fsp3) is 0.208. The molecular formula is C24H22N2O5. The molecule has 0 aliphatic heterocycles. The number of anilines is 1. The van der Waals surface area contributed by atoms with Gasteiger partial charge in [-0.1, -0.05) is 30.3 Å². The predicted molar refractivity (Wildman–Crippen MR) is 116 cm³/mol. The Balaban J connectivity index is 1.72. The van der Waals surface area contributed by atoms with Crippen LogP contribution in [0.4, 0.5) is 5.69 Å². The predicted octanol–water partition coefficient (Wildman–Crippen LogP) is 4.05. The number of nitriles is 1. The summed E-state index contributed by atoms with van der Waals surface area (Å²) < 4.78 is 10.6. The fourth-order valence-corrected chi connectivity index (χ4v) is 3.15. The Bertz CT molecular complexity index is 1120. The zero-order chi connectivity index (χ0) is 22.2. The van der Waals surface area contributed by atoms with Crippen molar-refractivity contribution >= 4 is 28.3 Å². The summed E-state index contributed by atoms with van der Waals surface area (Å²) in [5, 5.41) is 20.6. The molecule has 0 fully saturated rings. The number of amides is 1. The first-order valence-corrected chi connectivity index (χ1v) is 9.83. The summed E-state index contributed by atoms with van der Waals surface area (Å²) >= 11 is 0. The monoisotopic (exact) mass is 418 g/mol. The second-order valence-electron chi connectivity index (χ2n) is 6.64. The van der Waals surface area contributed by atoms with Crippen LogP contribution in [0.15, 0.2) is 60.7 Å². The van der Waals surface area contributed by atoms with Crippen molar-refractivity contribution in [2.45, 2.75) is 13.3 Å². The van der Waals surface area contributed by atoms with Gasteiger partial charge in [-0.3, -0.25) is 4.79 Å². The van der Waals surface area contributed by atoms with Crippen LogP contribution >= 0.6 is 0 Å². The number of esters is 1. The number of hydrogen-bond acceptors (Lipinski definition) is 6. The third-order valence-electron chi connectivity index (χ3n) is 4.65. The number of aromatic hydroxyl groups is 1. The van der Waals surface area contributed by atoms with Crippen molar-refractivity contribution in [3.63, 3.8) is 0 Å². The number of carbonyl (C=O) groups is 2. The van der Waals surface area contributed by atoms with E-state index in [1.54, 1.807) is 42.5 Å². The van der Waals surface area contributed by atoms with Crippen LogP contribution in [0.3, 0.4) is 0 Å². The van der Waals surface area contributed by atoms with E-state index in [4.69, 9.17) is 14.7 Å². The zero-order valence-corrected chi connectivity index (χ0v) is 17.1. The van der Waals surface area contributed by atoms with Crippen molar-refractivity contribution in [2.75, 3.05) is 24.7 Å².